The van der Waals surface area contributed by atoms with Gasteiger partial charge < -0.3 is 5.73 Å². The zero-order valence-corrected chi connectivity index (χ0v) is 8.35. The Bertz CT molecular complexity index is 102. The highest BCUT2D eigenvalue weighted by Gasteiger charge is 2.08. The highest BCUT2D eigenvalue weighted by atomic mass is 28.3. The zero-order chi connectivity index (χ0) is 8.04. The van der Waals surface area contributed by atoms with E-state index >= 15 is 0 Å². The van der Waals surface area contributed by atoms with Gasteiger partial charge in [-0.2, -0.15) is 0 Å². The Kier molecular flexibility index (Phi) is 4.65. The molecule has 60 valence electrons. The van der Waals surface area contributed by atoms with Gasteiger partial charge in [0.1, 0.15) is 0 Å². The molecule has 0 saturated heterocycles. The van der Waals surface area contributed by atoms with Crippen LogP contribution in [0.15, 0.2) is 12.2 Å². The normalized spacial score (nSPS) is 12.8. The Morgan fingerprint density at radius 1 is 1.20 bits per heavy atom. The van der Waals surface area contributed by atoms with E-state index in [0.29, 0.717) is 0 Å². The second-order valence-electron chi connectivity index (χ2n) is 3.81. The van der Waals surface area contributed by atoms with Crippen LogP contribution in [-0.4, -0.2) is 14.6 Å². The lowest BCUT2D eigenvalue weighted by Crippen LogP contribution is -2.17. The van der Waals surface area contributed by atoms with E-state index in [0.717, 1.165) is 13.0 Å². The summed E-state index contributed by atoms with van der Waals surface area (Å²) >= 11 is 0. The maximum atomic E-state index is 5.34. The molecule has 0 aliphatic heterocycles. The van der Waals surface area contributed by atoms with Crippen molar-refractivity contribution in [1.82, 2.24) is 0 Å². The van der Waals surface area contributed by atoms with Gasteiger partial charge >= 0.3 is 0 Å². The van der Waals surface area contributed by atoms with Crippen molar-refractivity contribution < 1.29 is 0 Å². The molecule has 0 aliphatic carbocycles. The van der Waals surface area contributed by atoms with Gasteiger partial charge in [0.15, 0.2) is 0 Å². The average molecular weight is 157 g/mol. The number of hydrogen-bond donors (Lipinski definition) is 1. The van der Waals surface area contributed by atoms with Gasteiger partial charge in [-0.15, -0.1) is 0 Å². The van der Waals surface area contributed by atoms with E-state index < -0.39 is 8.07 Å². The summed E-state index contributed by atoms with van der Waals surface area (Å²) in [5, 5.41) is 0. The number of hydrogen-bond acceptors (Lipinski definition) is 1. The highest BCUT2D eigenvalue weighted by Crippen LogP contribution is 2.08. The fourth-order valence-corrected chi connectivity index (χ4v) is 1.52. The Labute approximate surface area is 65.3 Å². The summed E-state index contributed by atoms with van der Waals surface area (Å²) in [5.41, 5.74) is 5.34. The minimum Gasteiger partial charge on any atom is -0.330 e. The molecule has 10 heavy (non-hydrogen) atoms. The maximum absolute atomic E-state index is 5.34. The second-order valence-corrected chi connectivity index (χ2v) is 9.34. The van der Waals surface area contributed by atoms with Gasteiger partial charge in [-0.25, -0.2) is 0 Å². The van der Waals surface area contributed by atoms with E-state index in [1.165, 1.54) is 6.04 Å². The lowest BCUT2D eigenvalue weighted by atomic mass is 10.4. The van der Waals surface area contributed by atoms with E-state index in [9.17, 15) is 0 Å². The molecule has 0 spiro atoms. The number of nitrogens with two attached hydrogens (primary N) is 1. The van der Waals surface area contributed by atoms with Crippen molar-refractivity contribution >= 4 is 8.07 Å². The van der Waals surface area contributed by atoms with E-state index in [1.807, 2.05) is 0 Å². The molecular weight excluding hydrogens is 138 g/mol. The van der Waals surface area contributed by atoms with Crippen LogP contribution in [0.1, 0.15) is 6.42 Å². The van der Waals surface area contributed by atoms with Crippen LogP contribution in [0.4, 0.5) is 0 Å². The molecule has 0 aromatic heterocycles. The topological polar surface area (TPSA) is 26.0 Å². The molecule has 0 aliphatic rings. The summed E-state index contributed by atoms with van der Waals surface area (Å²) in [4.78, 5) is 0. The molecule has 0 aromatic rings. The van der Waals surface area contributed by atoms with Crippen molar-refractivity contribution in [1.29, 1.82) is 0 Å². The van der Waals surface area contributed by atoms with Crippen molar-refractivity contribution in [2.75, 3.05) is 6.54 Å². The van der Waals surface area contributed by atoms with E-state index in [4.69, 9.17) is 5.73 Å². The largest absolute Gasteiger partial charge is 0.330 e. The Morgan fingerprint density at radius 3 is 2.20 bits per heavy atom. The van der Waals surface area contributed by atoms with Crippen LogP contribution < -0.4 is 5.73 Å². The summed E-state index contributed by atoms with van der Waals surface area (Å²) in [6.45, 7) is 7.90. The first-order chi connectivity index (χ1) is 4.56. The molecular formula is C8H19NSi. The lowest BCUT2D eigenvalue weighted by molar-refractivity contribution is 1.01. The predicted molar refractivity (Wildman–Crippen MR) is 51.0 cm³/mol. The highest BCUT2D eigenvalue weighted by molar-refractivity contribution is 6.76. The molecule has 0 atom stereocenters. The fraction of sp³-hybridized carbons (Fsp3) is 0.750. The average Bonchev–Trinajstić information content (AvgIpc) is 1.78. The summed E-state index contributed by atoms with van der Waals surface area (Å²) in [6.07, 6.45) is 5.50. The van der Waals surface area contributed by atoms with Crippen LogP contribution >= 0.6 is 0 Å². The molecule has 0 rings (SSSR count). The first-order valence-corrected chi connectivity index (χ1v) is 7.62. The second kappa shape index (κ2) is 4.69. The quantitative estimate of drug-likeness (QED) is 0.491. The van der Waals surface area contributed by atoms with E-state index in [1.54, 1.807) is 0 Å². The number of allylic oxidation sites excluding steroid dienone is 1. The number of rotatable bonds is 4. The SMILES string of the molecule is C[Si](C)(C)C/C=C/CCN. The molecule has 2 N–H and O–H groups in total. The zero-order valence-electron chi connectivity index (χ0n) is 7.35. The van der Waals surface area contributed by atoms with Crippen molar-refractivity contribution in [2.45, 2.75) is 32.1 Å². The molecule has 0 bridgehead atoms. The van der Waals surface area contributed by atoms with Crippen molar-refractivity contribution in [2.24, 2.45) is 5.73 Å². The van der Waals surface area contributed by atoms with Crippen molar-refractivity contribution in [3.63, 3.8) is 0 Å². The Balaban J connectivity index is 3.34. The van der Waals surface area contributed by atoms with Gasteiger partial charge in [0.05, 0.1) is 0 Å². The molecule has 0 aromatic carbocycles. The lowest BCUT2D eigenvalue weighted by Gasteiger charge is -2.11. The smallest absolute Gasteiger partial charge is 0.0480 e. The van der Waals surface area contributed by atoms with Gasteiger partial charge in [-0.05, 0) is 19.0 Å². The molecule has 0 heterocycles. The Hall–Kier alpha value is -0.0831. The predicted octanol–water partition coefficient (Wildman–Crippen LogP) is 2.23. The first kappa shape index (κ1) is 9.92. The van der Waals surface area contributed by atoms with Crippen LogP contribution in [0.5, 0.6) is 0 Å². The minimum absolute atomic E-state index is 0.780. The van der Waals surface area contributed by atoms with Crippen LogP contribution in [-0.2, 0) is 0 Å². The first-order valence-electron chi connectivity index (χ1n) is 3.91. The van der Waals surface area contributed by atoms with Gasteiger partial charge in [0, 0.05) is 8.07 Å². The molecule has 0 saturated carbocycles. The van der Waals surface area contributed by atoms with Crippen LogP contribution in [0.3, 0.4) is 0 Å². The summed E-state index contributed by atoms with van der Waals surface area (Å²) < 4.78 is 0. The standard InChI is InChI=1S/C8H19NSi/c1-10(2,3)8-6-4-5-7-9/h4,6H,5,7-9H2,1-3H3/b6-4+. The van der Waals surface area contributed by atoms with Crippen LogP contribution in [0, 0.1) is 0 Å². The van der Waals surface area contributed by atoms with Gasteiger partial charge in [0.25, 0.3) is 0 Å². The van der Waals surface area contributed by atoms with Crippen molar-refractivity contribution in [3.05, 3.63) is 12.2 Å². The molecule has 0 unspecified atom stereocenters. The monoisotopic (exact) mass is 157 g/mol. The minimum atomic E-state index is -0.835. The fourth-order valence-electron chi connectivity index (χ4n) is 0.651. The molecule has 2 heteroatoms. The molecule has 0 fully saturated rings. The Morgan fingerprint density at radius 2 is 1.80 bits per heavy atom. The molecule has 1 nitrogen and oxygen atoms in total. The third-order valence-electron chi connectivity index (χ3n) is 1.23. The van der Waals surface area contributed by atoms with Crippen LogP contribution in [0.2, 0.25) is 25.7 Å². The third-order valence-corrected chi connectivity index (χ3v) is 2.69. The summed E-state index contributed by atoms with van der Waals surface area (Å²) in [5.74, 6) is 0. The summed E-state index contributed by atoms with van der Waals surface area (Å²) in [7, 11) is -0.835. The maximum Gasteiger partial charge on any atom is 0.0480 e. The third kappa shape index (κ3) is 7.92. The van der Waals surface area contributed by atoms with Crippen LogP contribution in [0.25, 0.3) is 0 Å². The van der Waals surface area contributed by atoms with Gasteiger partial charge in [-0.3, -0.25) is 0 Å². The van der Waals surface area contributed by atoms with Gasteiger partial charge in [-0.1, -0.05) is 31.8 Å². The molecule has 0 radical (unpaired) electrons. The summed E-state index contributed by atoms with van der Waals surface area (Å²) in [6, 6.07) is 1.28. The van der Waals surface area contributed by atoms with E-state index in [2.05, 4.69) is 31.8 Å². The van der Waals surface area contributed by atoms with E-state index in [-0.39, 0.29) is 0 Å². The van der Waals surface area contributed by atoms with Gasteiger partial charge in [0.2, 0.25) is 0 Å². The molecule has 0 amide bonds. The van der Waals surface area contributed by atoms with Crippen molar-refractivity contribution in [3.8, 4) is 0 Å².